The van der Waals surface area contributed by atoms with Crippen molar-refractivity contribution in [2.45, 2.75) is 46.0 Å². The number of rotatable bonds is 15. The van der Waals surface area contributed by atoms with Crippen LogP contribution in [0, 0.1) is 5.41 Å². The lowest BCUT2D eigenvalue weighted by molar-refractivity contribution is -0.896. The van der Waals surface area contributed by atoms with Gasteiger partial charge >= 0.3 is 0 Å². The van der Waals surface area contributed by atoms with Gasteiger partial charge in [-0.15, -0.1) is 0 Å². The molecule has 3 aromatic carbocycles. The molecule has 11 heteroatoms. The van der Waals surface area contributed by atoms with Crippen molar-refractivity contribution in [3.8, 4) is 0 Å². The number of nitrogen functional groups attached to an aromatic ring is 1. The van der Waals surface area contributed by atoms with E-state index in [1.807, 2.05) is 18.2 Å². The molecule has 0 fully saturated rings. The summed E-state index contributed by atoms with van der Waals surface area (Å²) in [5, 5.41) is 1.52. The van der Waals surface area contributed by atoms with Crippen molar-refractivity contribution in [3.05, 3.63) is 76.9 Å². The minimum absolute atomic E-state index is 0. The Morgan fingerprint density at radius 3 is 1.76 bits per heavy atom. The van der Waals surface area contributed by atoms with E-state index in [2.05, 4.69) is 42.0 Å². The van der Waals surface area contributed by atoms with Crippen LogP contribution >= 0.6 is 0 Å². The first-order valence-electron chi connectivity index (χ1n) is 16.9. The molecule has 0 spiro atoms. The van der Waals surface area contributed by atoms with E-state index in [0.29, 0.717) is 46.4 Å². The summed E-state index contributed by atoms with van der Waals surface area (Å²) >= 11 is 0. The first kappa shape index (κ1) is 40.3. The Labute approximate surface area is 312 Å². The molecule has 0 atom stereocenters. The van der Waals surface area contributed by atoms with Gasteiger partial charge < -0.3 is 48.7 Å². The third-order valence-electron chi connectivity index (χ3n) is 9.75. The average molecular weight is 802 g/mol. The van der Waals surface area contributed by atoms with Crippen LogP contribution in [0.25, 0.3) is 10.8 Å². The van der Waals surface area contributed by atoms with Crippen LogP contribution in [0.2, 0.25) is 0 Å². The Kier molecular flexibility index (Phi) is 13.0. The zero-order chi connectivity index (χ0) is 34.1. The number of benzene rings is 3. The van der Waals surface area contributed by atoms with Gasteiger partial charge in [-0.2, -0.15) is 0 Å². The quantitative estimate of drug-likeness (QED) is 0.0964. The fraction of sp³-hybridized carbons (Fsp3) is 0.474. The van der Waals surface area contributed by atoms with Crippen LogP contribution in [0.5, 0.6) is 0 Å². The maximum Gasteiger partial charge on any atom is 0.263 e. The zero-order valence-corrected chi connectivity index (χ0v) is 32.9. The van der Waals surface area contributed by atoms with E-state index in [9.17, 15) is 19.2 Å². The number of quaternary nitrogens is 2. The zero-order valence-electron chi connectivity index (χ0n) is 29.7. The van der Waals surface area contributed by atoms with Gasteiger partial charge in [-0.25, -0.2) is 0 Å². The first-order chi connectivity index (χ1) is 22.1. The average Bonchev–Trinajstić information content (AvgIpc) is 3.24. The number of hydrogen-bond donors (Lipinski definition) is 1. The van der Waals surface area contributed by atoms with E-state index in [-0.39, 0.29) is 63.0 Å². The molecule has 0 saturated carbocycles. The summed E-state index contributed by atoms with van der Waals surface area (Å²) < 4.78 is 1.66. The van der Waals surface area contributed by atoms with Gasteiger partial charge in [-0.1, -0.05) is 44.2 Å². The standard InChI is InChI=1S/C38H50N5O4.2BrH/c1-38(2,25-41-36(46)30-18-13-15-27-19-20-31(39)33(32(27)30)37(41)47)26-43(5,6)23-12-8-7-11-22-42(3,4)24-14-21-40-34(44)28-16-9-10-17-29(28)35(40)45;;/h9-10,13,15-20H,7-8,11-12,14,21-26H2,1-6H3,(H-,39,46,47);2*1H/q+1;;/p-1. The van der Waals surface area contributed by atoms with Gasteiger partial charge in [0, 0.05) is 41.6 Å². The molecule has 0 radical (unpaired) electrons. The van der Waals surface area contributed by atoms with Gasteiger partial charge in [-0.05, 0) is 55.3 Å². The second-order valence-corrected chi connectivity index (χ2v) is 15.6. The van der Waals surface area contributed by atoms with Crippen molar-refractivity contribution in [1.82, 2.24) is 9.80 Å². The van der Waals surface area contributed by atoms with Gasteiger partial charge in [0.2, 0.25) is 0 Å². The van der Waals surface area contributed by atoms with E-state index in [1.165, 1.54) is 9.80 Å². The summed E-state index contributed by atoms with van der Waals surface area (Å²) in [6.45, 7) is 8.83. The number of nitrogens with zero attached hydrogens (tertiary/aromatic N) is 4. The van der Waals surface area contributed by atoms with Crippen molar-refractivity contribution in [3.63, 3.8) is 0 Å². The molecule has 0 aliphatic carbocycles. The third kappa shape index (κ3) is 8.98. The molecular weight excluding hydrogens is 750 g/mol. The number of halogens is 2. The number of hydrogen-bond acceptors (Lipinski definition) is 5. The second-order valence-electron chi connectivity index (χ2n) is 15.6. The van der Waals surface area contributed by atoms with Crippen LogP contribution in [-0.4, -0.2) is 110 Å². The highest BCUT2D eigenvalue weighted by Gasteiger charge is 2.40. The Balaban J connectivity index is 0.00000325. The van der Waals surface area contributed by atoms with Gasteiger partial charge in [0.1, 0.15) is 0 Å². The topological polar surface area (TPSA) is 101 Å². The van der Waals surface area contributed by atoms with E-state index in [1.54, 1.807) is 36.4 Å². The van der Waals surface area contributed by atoms with Crippen molar-refractivity contribution in [1.29, 1.82) is 0 Å². The maximum atomic E-state index is 13.6. The lowest BCUT2D eigenvalue weighted by atomic mass is 9.87. The molecule has 0 bridgehead atoms. The predicted molar refractivity (Wildman–Crippen MR) is 186 cm³/mol. The third-order valence-corrected chi connectivity index (χ3v) is 9.75. The Hall–Kier alpha value is -3.12. The van der Waals surface area contributed by atoms with Gasteiger partial charge in [0.15, 0.2) is 0 Å². The SMILES string of the molecule is CC(C)(CN1C(=O)c2cccc3ccc(N)c(c23)C1=O)C[N+](C)(C)CCCCCC[N+](C)(C)CCCN1C(=O)c2ccccc2C1=O.[Br-].[Br-]. The smallest absolute Gasteiger partial charge is 0.263 e. The van der Waals surface area contributed by atoms with Crippen LogP contribution in [0.1, 0.15) is 87.4 Å². The number of carbonyl (C=O) groups is 4. The molecule has 2 heterocycles. The Bertz CT molecular complexity index is 1690. The number of anilines is 1. The van der Waals surface area contributed by atoms with Gasteiger partial charge in [0.25, 0.3) is 23.6 Å². The lowest BCUT2D eigenvalue weighted by Gasteiger charge is -2.40. The van der Waals surface area contributed by atoms with Crippen LogP contribution in [0.15, 0.2) is 54.6 Å². The Morgan fingerprint density at radius 2 is 1.14 bits per heavy atom. The summed E-state index contributed by atoms with van der Waals surface area (Å²) in [6, 6.07) is 16.2. The van der Waals surface area contributed by atoms with Crippen LogP contribution in [0.3, 0.4) is 0 Å². The largest absolute Gasteiger partial charge is 1.00 e. The molecule has 266 valence electrons. The highest BCUT2D eigenvalue weighted by molar-refractivity contribution is 6.27. The van der Waals surface area contributed by atoms with Crippen LogP contribution in [0.4, 0.5) is 5.69 Å². The van der Waals surface area contributed by atoms with Crippen molar-refractivity contribution >= 4 is 40.1 Å². The minimum atomic E-state index is -0.305. The van der Waals surface area contributed by atoms with E-state index >= 15 is 0 Å². The molecule has 0 unspecified atom stereocenters. The maximum absolute atomic E-state index is 13.6. The van der Waals surface area contributed by atoms with Crippen molar-refractivity contribution in [2.24, 2.45) is 5.41 Å². The molecule has 0 saturated heterocycles. The van der Waals surface area contributed by atoms with Gasteiger partial charge in [-0.3, -0.25) is 29.0 Å². The molecule has 2 N–H and O–H groups in total. The number of amides is 4. The minimum Gasteiger partial charge on any atom is -1.00 e. The normalized spacial score (nSPS) is 14.7. The molecule has 0 aromatic heterocycles. The molecule has 3 aromatic rings. The van der Waals surface area contributed by atoms with Gasteiger partial charge in [0.05, 0.1) is 71.1 Å². The predicted octanol–water partition coefficient (Wildman–Crippen LogP) is -0.548. The molecule has 5 rings (SSSR count). The lowest BCUT2D eigenvalue weighted by Crippen LogP contribution is -3.00. The fourth-order valence-electron chi connectivity index (χ4n) is 7.68. The Morgan fingerprint density at radius 1 is 0.612 bits per heavy atom. The number of fused-ring (bicyclic) bond motifs is 1. The molecular formula is C38H51Br2N5O4. The van der Waals surface area contributed by atoms with E-state index in [0.717, 1.165) is 72.6 Å². The summed E-state index contributed by atoms with van der Waals surface area (Å²) in [5.74, 6) is -0.909. The molecule has 2 aliphatic rings. The molecule has 4 amide bonds. The molecule has 9 nitrogen and oxygen atoms in total. The number of unbranched alkanes of at least 4 members (excludes halogenated alkanes) is 3. The summed E-state index contributed by atoms with van der Waals surface area (Å²) in [6.07, 6.45) is 5.29. The van der Waals surface area contributed by atoms with Crippen molar-refractivity contribution < 1.29 is 62.1 Å². The van der Waals surface area contributed by atoms with Crippen LogP contribution in [-0.2, 0) is 0 Å². The first-order valence-corrected chi connectivity index (χ1v) is 16.9. The van der Waals surface area contributed by atoms with E-state index < -0.39 is 0 Å². The summed E-state index contributed by atoms with van der Waals surface area (Å²) in [7, 11) is 8.89. The fourth-order valence-corrected chi connectivity index (χ4v) is 7.68. The van der Waals surface area contributed by atoms with E-state index in [4.69, 9.17) is 5.73 Å². The highest BCUT2D eigenvalue weighted by Crippen LogP contribution is 2.35. The monoisotopic (exact) mass is 799 g/mol. The number of carbonyl (C=O) groups excluding carboxylic acids is 4. The number of imide groups is 2. The van der Waals surface area contributed by atoms with Crippen molar-refractivity contribution in [2.75, 3.05) is 73.2 Å². The van der Waals surface area contributed by atoms with Crippen LogP contribution < -0.4 is 39.7 Å². The highest BCUT2D eigenvalue weighted by atomic mass is 79.9. The summed E-state index contributed by atoms with van der Waals surface area (Å²) in [5.41, 5.74) is 8.37. The number of nitrogens with two attached hydrogens (primary N) is 1. The summed E-state index contributed by atoms with van der Waals surface area (Å²) in [4.78, 5) is 55.2. The second kappa shape index (κ2) is 15.8. The molecule has 49 heavy (non-hydrogen) atoms. The molecule has 2 aliphatic heterocycles.